The summed E-state index contributed by atoms with van der Waals surface area (Å²) in [5.41, 5.74) is 1.01. The van der Waals surface area contributed by atoms with E-state index in [1.807, 2.05) is 18.2 Å². The number of amides is 1. The Hall–Kier alpha value is -2.20. The number of rotatable bonds is 8. The Morgan fingerprint density at radius 2 is 1.85 bits per heavy atom. The van der Waals surface area contributed by atoms with E-state index in [1.54, 1.807) is 0 Å². The molecule has 34 heavy (non-hydrogen) atoms. The topological polar surface area (TPSA) is 91.8 Å². The van der Waals surface area contributed by atoms with Crippen LogP contribution in [0.3, 0.4) is 0 Å². The van der Waals surface area contributed by atoms with Gasteiger partial charge in [-0.3, -0.25) is 9.69 Å². The number of anilines is 1. The fourth-order valence-electron chi connectivity index (χ4n) is 4.38. The maximum atomic E-state index is 12.9. The predicted octanol–water partition coefficient (Wildman–Crippen LogP) is 4.87. The van der Waals surface area contributed by atoms with Crippen molar-refractivity contribution in [3.63, 3.8) is 0 Å². The monoisotopic (exact) mass is 487 g/mol. The molecule has 0 aromatic carbocycles. The number of alkyl halides is 3. The van der Waals surface area contributed by atoms with Crippen LogP contribution in [0.1, 0.15) is 64.0 Å². The van der Waals surface area contributed by atoms with E-state index in [0.717, 1.165) is 63.7 Å². The molecular weight excluding hydrogens is 451 g/mol. The first-order chi connectivity index (χ1) is 16.2. The highest BCUT2D eigenvalue weighted by atomic mass is 19.4. The van der Waals surface area contributed by atoms with Crippen molar-refractivity contribution in [2.45, 2.75) is 71.0 Å². The van der Waals surface area contributed by atoms with Crippen LogP contribution in [-0.2, 0) is 20.9 Å². The van der Waals surface area contributed by atoms with Gasteiger partial charge in [-0.2, -0.15) is 13.2 Å². The van der Waals surface area contributed by atoms with Crippen molar-refractivity contribution in [2.24, 2.45) is 11.8 Å². The SMILES string of the molecule is CCCC(CC1CCCCC1)C(=O)Nc1cccc(CN2CCOCC2)n1.O=C(O)C(F)(F)F. The van der Waals surface area contributed by atoms with Crippen molar-refractivity contribution in [2.75, 3.05) is 31.6 Å². The van der Waals surface area contributed by atoms with Gasteiger partial charge in [0, 0.05) is 25.6 Å². The molecule has 1 aromatic heterocycles. The molecule has 1 unspecified atom stereocenters. The van der Waals surface area contributed by atoms with E-state index in [4.69, 9.17) is 14.6 Å². The summed E-state index contributed by atoms with van der Waals surface area (Å²) in [6.07, 6.45) is 4.58. The predicted molar refractivity (Wildman–Crippen MR) is 122 cm³/mol. The third-order valence-electron chi connectivity index (χ3n) is 6.14. The molecule has 2 aliphatic rings. The lowest BCUT2D eigenvalue weighted by Gasteiger charge is -2.26. The van der Waals surface area contributed by atoms with Crippen molar-refractivity contribution < 1.29 is 32.6 Å². The van der Waals surface area contributed by atoms with Crippen LogP contribution < -0.4 is 5.32 Å². The smallest absolute Gasteiger partial charge is 0.475 e. The van der Waals surface area contributed by atoms with E-state index in [1.165, 1.54) is 32.1 Å². The number of hydrogen-bond donors (Lipinski definition) is 2. The summed E-state index contributed by atoms with van der Waals surface area (Å²) in [6, 6.07) is 5.94. The summed E-state index contributed by atoms with van der Waals surface area (Å²) >= 11 is 0. The van der Waals surface area contributed by atoms with Gasteiger partial charge in [0.25, 0.3) is 0 Å². The minimum Gasteiger partial charge on any atom is -0.475 e. The van der Waals surface area contributed by atoms with Crippen LogP contribution in [-0.4, -0.2) is 59.3 Å². The highest BCUT2D eigenvalue weighted by Crippen LogP contribution is 2.31. The summed E-state index contributed by atoms with van der Waals surface area (Å²) in [7, 11) is 0. The van der Waals surface area contributed by atoms with Crippen molar-refractivity contribution in [3.05, 3.63) is 23.9 Å². The molecule has 1 amide bonds. The van der Waals surface area contributed by atoms with E-state index in [0.29, 0.717) is 5.82 Å². The molecule has 1 saturated heterocycles. The van der Waals surface area contributed by atoms with Crippen LogP contribution >= 0.6 is 0 Å². The second-order valence-electron chi connectivity index (χ2n) is 8.92. The molecule has 1 aliphatic heterocycles. The normalized spacial score (nSPS) is 18.5. The Bertz CT molecular complexity index is 764. The van der Waals surface area contributed by atoms with E-state index in [-0.39, 0.29) is 11.8 Å². The molecule has 1 atom stereocenters. The van der Waals surface area contributed by atoms with Gasteiger partial charge in [-0.25, -0.2) is 9.78 Å². The van der Waals surface area contributed by atoms with Crippen LogP contribution in [0.2, 0.25) is 0 Å². The molecular formula is C24H36F3N3O4. The van der Waals surface area contributed by atoms with Gasteiger partial charge in [-0.15, -0.1) is 0 Å². The van der Waals surface area contributed by atoms with Crippen LogP contribution in [0.5, 0.6) is 0 Å². The quantitative estimate of drug-likeness (QED) is 0.544. The number of morpholine rings is 1. The number of pyridine rings is 1. The number of hydrogen-bond acceptors (Lipinski definition) is 5. The number of aromatic nitrogens is 1. The maximum Gasteiger partial charge on any atom is 0.490 e. The van der Waals surface area contributed by atoms with Gasteiger partial charge in [0.1, 0.15) is 5.82 Å². The highest BCUT2D eigenvalue weighted by Gasteiger charge is 2.38. The molecule has 192 valence electrons. The van der Waals surface area contributed by atoms with E-state index >= 15 is 0 Å². The van der Waals surface area contributed by atoms with E-state index < -0.39 is 12.1 Å². The highest BCUT2D eigenvalue weighted by molar-refractivity contribution is 5.91. The largest absolute Gasteiger partial charge is 0.490 e. The molecule has 2 heterocycles. The number of carbonyl (C=O) groups excluding carboxylic acids is 1. The first kappa shape index (κ1) is 28.0. The lowest BCUT2D eigenvalue weighted by molar-refractivity contribution is -0.192. The second kappa shape index (κ2) is 14.3. The third-order valence-corrected chi connectivity index (χ3v) is 6.14. The fourth-order valence-corrected chi connectivity index (χ4v) is 4.38. The zero-order valence-electron chi connectivity index (χ0n) is 19.8. The lowest BCUT2D eigenvalue weighted by atomic mass is 9.81. The van der Waals surface area contributed by atoms with Gasteiger partial charge in [0.2, 0.25) is 5.91 Å². The molecule has 0 bridgehead atoms. The van der Waals surface area contributed by atoms with E-state index in [2.05, 4.69) is 22.1 Å². The summed E-state index contributed by atoms with van der Waals surface area (Å²) in [5.74, 6) is -1.08. The van der Waals surface area contributed by atoms with Crippen LogP contribution in [0, 0.1) is 11.8 Å². The third kappa shape index (κ3) is 10.4. The first-order valence-corrected chi connectivity index (χ1v) is 12.1. The Morgan fingerprint density at radius 3 is 2.44 bits per heavy atom. The Morgan fingerprint density at radius 1 is 1.21 bits per heavy atom. The van der Waals surface area contributed by atoms with Gasteiger partial charge >= 0.3 is 12.1 Å². The molecule has 0 radical (unpaired) electrons. The Kier molecular flexibility index (Phi) is 11.8. The Balaban J connectivity index is 0.000000509. The van der Waals surface area contributed by atoms with E-state index in [9.17, 15) is 18.0 Å². The first-order valence-electron chi connectivity index (χ1n) is 12.1. The lowest BCUT2D eigenvalue weighted by Crippen LogP contribution is -2.35. The minimum atomic E-state index is -5.08. The molecule has 1 aliphatic carbocycles. The molecule has 1 saturated carbocycles. The van der Waals surface area contributed by atoms with Gasteiger partial charge in [-0.05, 0) is 30.9 Å². The summed E-state index contributed by atoms with van der Waals surface area (Å²) in [4.78, 5) is 28.8. The van der Waals surface area contributed by atoms with Crippen molar-refractivity contribution in [1.29, 1.82) is 0 Å². The molecule has 2 N–H and O–H groups in total. The summed E-state index contributed by atoms with van der Waals surface area (Å²) in [5, 5.41) is 10.2. The number of carboxylic acid groups (broad SMARTS) is 1. The average Bonchev–Trinajstić information content (AvgIpc) is 2.80. The number of nitrogens with zero attached hydrogens (tertiary/aromatic N) is 2. The average molecular weight is 488 g/mol. The zero-order chi connectivity index (χ0) is 25.0. The van der Waals surface area contributed by atoms with Gasteiger partial charge in [0.15, 0.2) is 0 Å². The van der Waals surface area contributed by atoms with Crippen LogP contribution in [0.4, 0.5) is 19.0 Å². The fraction of sp³-hybridized carbons (Fsp3) is 0.708. The number of halogens is 3. The Labute approximate surface area is 199 Å². The van der Waals surface area contributed by atoms with Crippen molar-refractivity contribution in [1.82, 2.24) is 9.88 Å². The standard InChI is InChI=1S/C22H35N3O2.C2HF3O2/c1-2-7-19(16-18-8-4-3-5-9-18)22(26)24-21-11-6-10-20(23-21)17-25-12-14-27-15-13-25;3-2(4,5)1(6)7/h6,10-11,18-19H,2-5,7-9,12-17H2,1H3,(H,23,24,26);(H,6,7). The second-order valence-corrected chi connectivity index (χ2v) is 8.92. The zero-order valence-corrected chi connectivity index (χ0v) is 19.8. The van der Waals surface area contributed by atoms with Gasteiger partial charge in [0.05, 0.1) is 18.9 Å². The van der Waals surface area contributed by atoms with Gasteiger partial charge in [-0.1, -0.05) is 51.5 Å². The molecule has 10 heteroatoms. The van der Waals surface area contributed by atoms with Gasteiger partial charge < -0.3 is 15.2 Å². The van der Waals surface area contributed by atoms with Crippen LogP contribution in [0.15, 0.2) is 18.2 Å². The van der Waals surface area contributed by atoms with Crippen LogP contribution in [0.25, 0.3) is 0 Å². The van der Waals surface area contributed by atoms with Crippen molar-refractivity contribution in [3.8, 4) is 0 Å². The maximum absolute atomic E-state index is 12.9. The molecule has 2 fully saturated rings. The summed E-state index contributed by atoms with van der Waals surface area (Å²) in [6.45, 7) is 6.44. The minimum absolute atomic E-state index is 0.114. The number of ether oxygens (including phenoxy) is 1. The number of carbonyl (C=O) groups is 2. The van der Waals surface area contributed by atoms with Crippen molar-refractivity contribution >= 4 is 17.7 Å². The number of nitrogens with one attached hydrogen (secondary N) is 1. The molecule has 3 rings (SSSR count). The number of carboxylic acids is 1. The molecule has 1 aromatic rings. The molecule has 0 spiro atoms. The molecule has 7 nitrogen and oxygen atoms in total. The summed E-state index contributed by atoms with van der Waals surface area (Å²) < 4.78 is 37.1. The number of aliphatic carboxylic acids is 1.